The largest absolute Gasteiger partial charge is 0.493 e. The number of carbonyl (C=O) groups excluding carboxylic acids is 1. The predicted molar refractivity (Wildman–Crippen MR) is 129 cm³/mol. The van der Waals surface area contributed by atoms with Crippen LogP contribution in [0.3, 0.4) is 0 Å². The topological polar surface area (TPSA) is 131 Å². The number of benzene rings is 2. The summed E-state index contributed by atoms with van der Waals surface area (Å²) in [5.41, 5.74) is 0.872. The first-order valence-corrected chi connectivity index (χ1v) is 12.7. The summed E-state index contributed by atoms with van der Waals surface area (Å²) in [6, 6.07) is 12.0. The van der Waals surface area contributed by atoms with Crippen LogP contribution < -0.4 is 14.8 Å². The SMILES string of the molecule is COc1cc(/C=C(/C#N)C(=O)Nc2nc(S(C)(=O)=O)ns2)cc(Cl)c1OCc1ccccc1Cl. The molecule has 1 N–H and O–H groups in total. The van der Waals surface area contributed by atoms with Crippen LogP contribution in [-0.4, -0.2) is 37.0 Å². The molecular weight excluding hydrogens is 523 g/mol. The van der Waals surface area contributed by atoms with Crippen molar-refractivity contribution in [1.29, 1.82) is 5.26 Å². The number of ether oxygens (including phenoxy) is 2. The lowest BCUT2D eigenvalue weighted by Gasteiger charge is -2.14. The van der Waals surface area contributed by atoms with Crippen molar-refractivity contribution in [2.24, 2.45) is 0 Å². The Morgan fingerprint density at radius 2 is 2.00 bits per heavy atom. The Morgan fingerprint density at radius 3 is 2.62 bits per heavy atom. The van der Waals surface area contributed by atoms with Gasteiger partial charge in [-0.25, -0.2) is 8.42 Å². The number of hydrogen-bond donors (Lipinski definition) is 1. The average molecular weight is 539 g/mol. The number of amides is 1. The highest BCUT2D eigenvalue weighted by atomic mass is 35.5. The van der Waals surface area contributed by atoms with Gasteiger partial charge in [-0.2, -0.15) is 14.6 Å². The third kappa shape index (κ3) is 6.24. The number of anilines is 1. The van der Waals surface area contributed by atoms with Gasteiger partial charge in [0.25, 0.3) is 11.1 Å². The molecule has 0 radical (unpaired) electrons. The van der Waals surface area contributed by atoms with Crippen LogP contribution in [0.15, 0.2) is 47.1 Å². The van der Waals surface area contributed by atoms with Gasteiger partial charge in [0.05, 0.1) is 12.1 Å². The van der Waals surface area contributed by atoms with Crippen molar-refractivity contribution in [3.63, 3.8) is 0 Å². The molecule has 1 aromatic heterocycles. The first kappa shape index (κ1) is 25.5. The van der Waals surface area contributed by atoms with Crippen LogP contribution in [0.25, 0.3) is 6.08 Å². The molecule has 3 aromatic rings. The number of methoxy groups -OCH3 is 1. The van der Waals surface area contributed by atoms with E-state index in [4.69, 9.17) is 32.7 Å². The van der Waals surface area contributed by atoms with Gasteiger partial charge in [-0.15, -0.1) is 0 Å². The van der Waals surface area contributed by atoms with E-state index in [2.05, 4.69) is 14.7 Å². The number of carbonyl (C=O) groups is 1. The molecule has 0 aliphatic carbocycles. The molecular formula is C21H16Cl2N4O5S2. The second-order valence-corrected chi connectivity index (χ2v) is 10.2. The standard InChI is InChI=1S/C21H16Cl2N4O5S2/c1-31-17-9-12(8-16(23)18(17)32-11-13-5-3-4-6-15(13)22)7-14(10-24)19(28)25-20-26-21(27-33-20)34(2,29)30/h3-9H,11H2,1-2H3,(H,25,26,27,28)/b14-7-. The first-order valence-electron chi connectivity index (χ1n) is 9.33. The van der Waals surface area contributed by atoms with Crippen LogP contribution in [0.1, 0.15) is 11.1 Å². The highest BCUT2D eigenvalue weighted by Gasteiger charge is 2.18. The van der Waals surface area contributed by atoms with E-state index in [0.717, 1.165) is 11.8 Å². The van der Waals surface area contributed by atoms with E-state index in [1.165, 1.54) is 19.3 Å². The van der Waals surface area contributed by atoms with Crippen LogP contribution in [-0.2, 0) is 21.2 Å². The molecule has 0 atom stereocenters. The molecule has 1 amide bonds. The van der Waals surface area contributed by atoms with Crippen molar-refractivity contribution in [3.8, 4) is 17.6 Å². The summed E-state index contributed by atoms with van der Waals surface area (Å²) in [5, 5.41) is 12.1. The molecule has 176 valence electrons. The summed E-state index contributed by atoms with van der Waals surface area (Å²) in [5.74, 6) is -0.246. The van der Waals surface area contributed by atoms with Gasteiger partial charge < -0.3 is 9.47 Å². The lowest BCUT2D eigenvalue weighted by molar-refractivity contribution is -0.112. The highest BCUT2D eigenvalue weighted by Crippen LogP contribution is 2.38. The molecule has 0 saturated carbocycles. The smallest absolute Gasteiger partial charge is 0.268 e. The Bertz CT molecular complexity index is 1410. The fourth-order valence-electron chi connectivity index (χ4n) is 2.62. The van der Waals surface area contributed by atoms with Crippen molar-refractivity contribution in [1.82, 2.24) is 9.36 Å². The molecule has 0 spiro atoms. The Balaban J connectivity index is 1.82. The fourth-order valence-corrected chi connectivity index (χ4v) is 4.52. The predicted octanol–water partition coefficient (Wildman–Crippen LogP) is 4.38. The third-order valence-corrected chi connectivity index (χ3v) is 6.46. The highest BCUT2D eigenvalue weighted by molar-refractivity contribution is 7.90. The van der Waals surface area contributed by atoms with Gasteiger partial charge >= 0.3 is 0 Å². The van der Waals surface area contributed by atoms with Gasteiger partial charge in [-0.05, 0) is 29.8 Å². The number of aromatic nitrogens is 2. The average Bonchev–Trinajstić information content (AvgIpc) is 3.26. The number of rotatable bonds is 8. The zero-order valence-electron chi connectivity index (χ0n) is 17.7. The van der Waals surface area contributed by atoms with Gasteiger partial charge in [-0.3, -0.25) is 10.1 Å². The fraction of sp³-hybridized carbons (Fsp3) is 0.143. The van der Waals surface area contributed by atoms with E-state index in [0.29, 0.717) is 22.1 Å². The normalized spacial score (nSPS) is 11.6. The molecule has 3 rings (SSSR count). The number of hydrogen-bond acceptors (Lipinski definition) is 9. The van der Waals surface area contributed by atoms with Gasteiger partial charge in [-0.1, -0.05) is 41.4 Å². The Morgan fingerprint density at radius 1 is 1.26 bits per heavy atom. The zero-order chi connectivity index (χ0) is 24.9. The van der Waals surface area contributed by atoms with E-state index in [-0.39, 0.29) is 33.8 Å². The molecule has 1 heterocycles. The van der Waals surface area contributed by atoms with Gasteiger partial charge in [0.2, 0.25) is 15.0 Å². The summed E-state index contributed by atoms with van der Waals surface area (Å²) in [6.45, 7) is 0.147. The second-order valence-electron chi connectivity index (χ2n) is 6.69. The molecule has 13 heteroatoms. The van der Waals surface area contributed by atoms with Crippen molar-refractivity contribution in [3.05, 3.63) is 63.1 Å². The first-order chi connectivity index (χ1) is 16.1. The third-order valence-electron chi connectivity index (χ3n) is 4.22. The Hall–Kier alpha value is -3.17. The number of nitrogens with one attached hydrogen (secondary N) is 1. The van der Waals surface area contributed by atoms with Crippen molar-refractivity contribution < 1.29 is 22.7 Å². The number of nitrogens with zero attached hydrogens (tertiary/aromatic N) is 3. The molecule has 9 nitrogen and oxygen atoms in total. The van der Waals surface area contributed by atoms with Crippen molar-refractivity contribution in [2.75, 3.05) is 18.7 Å². The maximum Gasteiger partial charge on any atom is 0.268 e. The maximum absolute atomic E-state index is 12.5. The number of sulfone groups is 1. The molecule has 2 aromatic carbocycles. The Labute approximate surface area is 209 Å². The van der Waals surface area contributed by atoms with Crippen LogP contribution in [0.4, 0.5) is 5.13 Å². The number of nitriles is 1. The van der Waals surface area contributed by atoms with E-state index in [9.17, 15) is 18.5 Å². The summed E-state index contributed by atoms with van der Waals surface area (Å²) >= 11 is 13.2. The lowest BCUT2D eigenvalue weighted by Crippen LogP contribution is -2.13. The van der Waals surface area contributed by atoms with Crippen LogP contribution in [0.5, 0.6) is 11.5 Å². The number of halogens is 2. The van der Waals surface area contributed by atoms with Gasteiger partial charge in [0.15, 0.2) is 11.5 Å². The van der Waals surface area contributed by atoms with E-state index in [1.807, 2.05) is 12.1 Å². The minimum absolute atomic E-state index is 0.0643. The zero-order valence-corrected chi connectivity index (χ0v) is 20.8. The molecule has 0 aliphatic rings. The maximum atomic E-state index is 12.5. The van der Waals surface area contributed by atoms with E-state index >= 15 is 0 Å². The van der Waals surface area contributed by atoms with Crippen LogP contribution in [0.2, 0.25) is 10.0 Å². The van der Waals surface area contributed by atoms with Crippen molar-refractivity contribution >= 4 is 61.7 Å². The van der Waals surface area contributed by atoms with Crippen LogP contribution in [0, 0.1) is 11.3 Å². The van der Waals surface area contributed by atoms with Gasteiger partial charge in [0.1, 0.15) is 18.2 Å². The van der Waals surface area contributed by atoms with Gasteiger partial charge in [0, 0.05) is 28.4 Å². The molecule has 0 unspecified atom stereocenters. The van der Waals surface area contributed by atoms with E-state index in [1.54, 1.807) is 24.3 Å². The molecule has 0 saturated heterocycles. The molecule has 34 heavy (non-hydrogen) atoms. The summed E-state index contributed by atoms with van der Waals surface area (Å²) < 4.78 is 37.8. The Kier molecular flexibility index (Phi) is 8.11. The molecule has 0 fully saturated rings. The van der Waals surface area contributed by atoms with Crippen molar-refractivity contribution in [2.45, 2.75) is 11.8 Å². The minimum Gasteiger partial charge on any atom is -0.493 e. The van der Waals surface area contributed by atoms with E-state index < -0.39 is 20.9 Å². The lowest BCUT2D eigenvalue weighted by atomic mass is 10.1. The minimum atomic E-state index is -3.62. The summed E-state index contributed by atoms with van der Waals surface area (Å²) in [7, 11) is -2.20. The monoisotopic (exact) mass is 538 g/mol. The summed E-state index contributed by atoms with van der Waals surface area (Å²) in [4.78, 5) is 16.2. The quantitative estimate of drug-likeness (QED) is 0.330. The molecule has 0 aliphatic heterocycles. The molecule has 0 bridgehead atoms. The summed E-state index contributed by atoms with van der Waals surface area (Å²) in [6.07, 6.45) is 2.24. The van der Waals surface area contributed by atoms with Crippen LogP contribution >= 0.6 is 34.7 Å². The second kappa shape index (κ2) is 10.8.